The third-order valence-corrected chi connectivity index (χ3v) is 2.30. The van der Waals surface area contributed by atoms with Gasteiger partial charge in [-0.2, -0.15) is 8.42 Å². The topological polar surface area (TPSA) is 43.4 Å². The normalized spacial score (nSPS) is 11.4. The SMILES string of the molecule is C=COS(=O)(=O)C=Cc1ccccc1. The van der Waals surface area contributed by atoms with Gasteiger partial charge in [0.05, 0.1) is 11.7 Å². The molecule has 14 heavy (non-hydrogen) atoms. The van der Waals surface area contributed by atoms with E-state index in [4.69, 9.17) is 0 Å². The molecule has 0 aromatic heterocycles. The fourth-order valence-corrected chi connectivity index (χ4v) is 1.43. The van der Waals surface area contributed by atoms with E-state index in [9.17, 15) is 8.42 Å². The molecule has 0 radical (unpaired) electrons. The Hall–Kier alpha value is -1.55. The Bertz CT molecular complexity index is 418. The highest BCUT2D eigenvalue weighted by Crippen LogP contribution is 2.04. The van der Waals surface area contributed by atoms with E-state index in [1.165, 1.54) is 6.08 Å². The van der Waals surface area contributed by atoms with Gasteiger partial charge in [-0.1, -0.05) is 36.9 Å². The van der Waals surface area contributed by atoms with Gasteiger partial charge < -0.3 is 4.18 Å². The maximum Gasteiger partial charge on any atom is 0.331 e. The molecule has 4 heteroatoms. The summed E-state index contributed by atoms with van der Waals surface area (Å²) in [6, 6.07) is 9.08. The van der Waals surface area contributed by atoms with Crippen LogP contribution in [0.2, 0.25) is 0 Å². The molecule has 0 aliphatic rings. The average Bonchev–Trinajstić information content (AvgIpc) is 2.17. The minimum atomic E-state index is -3.63. The lowest BCUT2D eigenvalue weighted by molar-refractivity contribution is 0.455. The molecule has 74 valence electrons. The summed E-state index contributed by atoms with van der Waals surface area (Å²) in [5, 5.41) is 0.990. The summed E-state index contributed by atoms with van der Waals surface area (Å²) in [5.41, 5.74) is 0.795. The van der Waals surface area contributed by atoms with Gasteiger partial charge in [0, 0.05) is 0 Å². The van der Waals surface area contributed by atoms with Crippen LogP contribution < -0.4 is 0 Å². The molecular formula is C10H10O3S. The van der Waals surface area contributed by atoms with E-state index in [-0.39, 0.29) is 0 Å². The second-order valence-corrected chi connectivity index (χ2v) is 3.92. The minimum absolute atomic E-state index is 0.795. The van der Waals surface area contributed by atoms with E-state index in [1.54, 1.807) is 12.1 Å². The molecule has 0 fully saturated rings. The zero-order chi connectivity index (χ0) is 10.4. The van der Waals surface area contributed by atoms with Gasteiger partial charge in [-0.25, -0.2) is 0 Å². The van der Waals surface area contributed by atoms with Crippen LogP contribution in [0.5, 0.6) is 0 Å². The lowest BCUT2D eigenvalue weighted by Gasteiger charge is -1.95. The Morgan fingerprint density at radius 2 is 1.86 bits per heavy atom. The van der Waals surface area contributed by atoms with Crippen LogP contribution in [0.4, 0.5) is 0 Å². The van der Waals surface area contributed by atoms with Crippen LogP contribution in [0.15, 0.2) is 48.6 Å². The Morgan fingerprint density at radius 1 is 1.21 bits per heavy atom. The molecule has 0 saturated carbocycles. The van der Waals surface area contributed by atoms with E-state index in [0.29, 0.717) is 0 Å². The molecule has 0 amide bonds. The van der Waals surface area contributed by atoms with Crippen molar-refractivity contribution in [2.24, 2.45) is 0 Å². The predicted octanol–water partition coefficient (Wildman–Crippen LogP) is 2.15. The summed E-state index contributed by atoms with van der Waals surface area (Å²) < 4.78 is 26.3. The Kier molecular flexibility index (Phi) is 3.48. The summed E-state index contributed by atoms with van der Waals surface area (Å²) >= 11 is 0. The second-order valence-electron chi connectivity index (χ2n) is 2.47. The number of hydrogen-bond acceptors (Lipinski definition) is 3. The van der Waals surface area contributed by atoms with Gasteiger partial charge in [0.15, 0.2) is 0 Å². The highest BCUT2D eigenvalue weighted by atomic mass is 32.2. The molecule has 0 N–H and O–H groups in total. The molecule has 0 spiro atoms. The van der Waals surface area contributed by atoms with E-state index < -0.39 is 10.1 Å². The first-order valence-electron chi connectivity index (χ1n) is 3.91. The first-order chi connectivity index (χ1) is 6.64. The number of benzene rings is 1. The van der Waals surface area contributed by atoms with Gasteiger partial charge in [-0.3, -0.25) is 0 Å². The van der Waals surface area contributed by atoms with Gasteiger partial charge in [0.2, 0.25) is 0 Å². The van der Waals surface area contributed by atoms with Crippen molar-refractivity contribution in [1.82, 2.24) is 0 Å². The highest BCUT2D eigenvalue weighted by molar-refractivity contribution is 7.89. The van der Waals surface area contributed by atoms with Crippen LogP contribution in [0.25, 0.3) is 6.08 Å². The number of hydrogen-bond donors (Lipinski definition) is 0. The van der Waals surface area contributed by atoms with E-state index in [0.717, 1.165) is 17.2 Å². The molecule has 3 nitrogen and oxygen atoms in total. The Labute approximate surface area is 83.5 Å². The van der Waals surface area contributed by atoms with Crippen molar-refractivity contribution in [2.45, 2.75) is 0 Å². The molecule has 0 saturated heterocycles. The lowest BCUT2D eigenvalue weighted by Crippen LogP contribution is -1.94. The molecule has 1 rings (SSSR count). The monoisotopic (exact) mass is 210 g/mol. The van der Waals surface area contributed by atoms with Crippen LogP contribution in [0.1, 0.15) is 5.56 Å². The highest BCUT2D eigenvalue weighted by Gasteiger charge is 2.01. The van der Waals surface area contributed by atoms with Crippen LogP contribution in [-0.4, -0.2) is 8.42 Å². The first kappa shape index (κ1) is 10.5. The maximum absolute atomic E-state index is 11.0. The maximum atomic E-state index is 11.0. The summed E-state index contributed by atoms with van der Waals surface area (Å²) in [5.74, 6) is 0. The molecule has 0 unspecified atom stereocenters. The van der Waals surface area contributed by atoms with Crippen LogP contribution in [0, 0.1) is 0 Å². The third-order valence-electron chi connectivity index (χ3n) is 1.43. The lowest BCUT2D eigenvalue weighted by atomic mass is 10.2. The van der Waals surface area contributed by atoms with Crippen molar-refractivity contribution in [3.8, 4) is 0 Å². The van der Waals surface area contributed by atoms with Gasteiger partial charge in [-0.05, 0) is 11.6 Å². The van der Waals surface area contributed by atoms with Crippen molar-refractivity contribution in [1.29, 1.82) is 0 Å². The van der Waals surface area contributed by atoms with Crippen LogP contribution in [0.3, 0.4) is 0 Å². The second kappa shape index (κ2) is 4.62. The molecule has 1 aromatic rings. The predicted molar refractivity (Wildman–Crippen MR) is 55.7 cm³/mol. The Balaban J connectivity index is 2.79. The summed E-state index contributed by atoms with van der Waals surface area (Å²) in [6.45, 7) is 3.17. The smallest absolute Gasteiger partial charge is 0.331 e. The number of rotatable bonds is 4. The van der Waals surface area contributed by atoms with Gasteiger partial charge in [-0.15, -0.1) is 0 Å². The summed E-state index contributed by atoms with van der Waals surface area (Å²) in [7, 11) is -3.63. The molecule has 0 aliphatic carbocycles. The Morgan fingerprint density at radius 3 is 2.43 bits per heavy atom. The van der Waals surface area contributed by atoms with E-state index in [2.05, 4.69) is 10.8 Å². The van der Waals surface area contributed by atoms with E-state index >= 15 is 0 Å². The molecule has 0 heterocycles. The quantitative estimate of drug-likeness (QED) is 0.565. The van der Waals surface area contributed by atoms with E-state index in [1.807, 2.05) is 18.2 Å². The van der Waals surface area contributed by atoms with Gasteiger partial charge in [0.1, 0.15) is 0 Å². The van der Waals surface area contributed by atoms with Crippen molar-refractivity contribution >= 4 is 16.2 Å². The molecule has 0 atom stereocenters. The average molecular weight is 210 g/mol. The van der Waals surface area contributed by atoms with Crippen LogP contribution >= 0.6 is 0 Å². The van der Waals surface area contributed by atoms with Crippen LogP contribution in [-0.2, 0) is 14.3 Å². The van der Waals surface area contributed by atoms with Gasteiger partial charge in [0.25, 0.3) is 0 Å². The standard InChI is InChI=1S/C10H10O3S/c1-2-13-14(11,12)9-8-10-6-4-3-5-7-10/h2-9H,1H2. The largest absolute Gasteiger partial charge is 0.388 e. The zero-order valence-corrected chi connectivity index (χ0v) is 8.28. The summed E-state index contributed by atoms with van der Waals surface area (Å²) in [6.07, 6.45) is 2.34. The van der Waals surface area contributed by atoms with Crippen molar-refractivity contribution in [3.05, 3.63) is 54.1 Å². The van der Waals surface area contributed by atoms with Gasteiger partial charge >= 0.3 is 10.1 Å². The molecular weight excluding hydrogens is 200 g/mol. The first-order valence-corrected chi connectivity index (χ1v) is 5.38. The van der Waals surface area contributed by atoms with Crippen molar-refractivity contribution in [3.63, 3.8) is 0 Å². The third kappa shape index (κ3) is 3.45. The van der Waals surface area contributed by atoms with Crippen molar-refractivity contribution < 1.29 is 12.6 Å². The summed E-state index contributed by atoms with van der Waals surface area (Å²) in [4.78, 5) is 0. The molecule has 1 aromatic carbocycles. The zero-order valence-electron chi connectivity index (χ0n) is 7.46. The minimum Gasteiger partial charge on any atom is -0.388 e. The fraction of sp³-hybridized carbons (Fsp3) is 0. The molecule has 0 bridgehead atoms. The fourth-order valence-electron chi connectivity index (χ4n) is 0.853. The molecule has 0 aliphatic heterocycles. The van der Waals surface area contributed by atoms with Crippen molar-refractivity contribution in [2.75, 3.05) is 0 Å².